The molecule has 0 aliphatic heterocycles. The van der Waals surface area contributed by atoms with E-state index < -0.39 is 5.69 Å². The van der Waals surface area contributed by atoms with Gasteiger partial charge in [0.1, 0.15) is 0 Å². The van der Waals surface area contributed by atoms with Crippen LogP contribution >= 0.6 is 22.6 Å². The minimum atomic E-state index is -0.456. The summed E-state index contributed by atoms with van der Waals surface area (Å²) < 4.78 is 1.85. The fourth-order valence-corrected chi connectivity index (χ4v) is 2.01. The SMILES string of the molecule is N#Cc1cccc(Cn2cc(I)c(=O)[nH]c2=O)c1. The largest absolute Gasteiger partial charge is 0.328 e. The van der Waals surface area contributed by atoms with Crippen LogP contribution in [0.2, 0.25) is 0 Å². The van der Waals surface area contributed by atoms with Crippen LogP contribution in [-0.2, 0) is 6.54 Å². The number of nitrogens with one attached hydrogen (secondary N) is 1. The molecule has 18 heavy (non-hydrogen) atoms. The molecule has 0 amide bonds. The molecule has 0 unspecified atom stereocenters. The summed E-state index contributed by atoms with van der Waals surface area (Å²) in [5.74, 6) is 0. The Morgan fingerprint density at radius 3 is 2.89 bits per heavy atom. The number of nitrogens with zero attached hydrogens (tertiary/aromatic N) is 2. The summed E-state index contributed by atoms with van der Waals surface area (Å²) in [4.78, 5) is 25.1. The second kappa shape index (κ2) is 5.18. The van der Waals surface area contributed by atoms with Gasteiger partial charge in [-0.25, -0.2) is 4.79 Å². The van der Waals surface area contributed by atoms with Gasteiger partial charge in [-0.1, -0.05) is 12.1 Å². The Bertz CT molecular complexity index is 740. The third-order valence-electron chi connectivity index (χ3n) is 2.38. The molecule has 2 rings (SSSR count). The predicted molar refractivity (Wildman–Crippen MR) is 74.3 cm³/mol. The minimum absolute atomic E-state index is 0.321. The first kappa shape index (κ1) is 12.6. The van der Waals surface area contributed by atoms with Crippen LogP contribution in [0.5, 0.6) is 0 Å². The Labute approximate surface area is 116 Å². The monoisotopic (exact) mass is 353 g/mol. The summed E-state index contributed by atoms with van der Waals surface area (Å²) in [6.45, 7) is 0.321. The first-order valence-corrected chi connectivity index (χ1v) is 6.16. The minimum Gasteiger partial charge on any atom is -0.295 e. The van der Waals surface area contributed by atoms with Gasteiger partial charge in [-0.3, -0.25) is 14.3 Å². The zero-order chi connectivity index (χ0) is 13.1. The van der Waals surface area contributed by atoms with Crippen molar-refractivity contribution in [2.24, 2.45) is 0 Å². The third kappa shape index (κ3) is 2.68. The first-order valence-electron chi connectivity index (χ1n) is 5.08. The lowest BCUT2D eigenvalue weighted by Gasteiger charge is -2.05. The van der Waals surface area contributed by atoms with E-state index in [0.29, 0.717) is 15.7 Å². The maximum absolute atomic E-state index is 11.6. The van der Waals surface area contributed by atoms with Gasteiger partial charge in [0, 0.05) is 6.20 Å². The molecule has 6 heteroatoms. The van der Waals surface area contributed by atoms with Crippen LogP contribution in [0.3, 0.4) is 0 Å². The maximum atomic E-state index is 11.6. The molecule has 0 aliphatic rings. The molecule has 5 nitrogen and oxygen atoms in total. The van der Waals surface area contributed by atoms with Crippen LogP contribution < -0.4 is 11.2 Å². The van der Waals surface area contributed by atoms with Crippen molar-refractivity contribution < 1.29 is 0 Å². The van der Waals surface area contributed by atoms with Crippen molar-refractivity contribution in [2.45, 2.75) is 6.54 Å². The van der Waals surface area contributed by atoms with Gasteiger partial charge in [0.25, 0.3) is 5.56 Å². The summed E-state index contributed by atoms with van der Waals surface area (Å²) in [6, 6.07) is 9.04. The fraction of sp³-hybridized carbons (Fsp3) is 0.0833. The van der Waals surface area contributed by atoms with Crippen molar-refractivity contribution in [3.8, 4) is 6.07 Å². The number of hydrogen-bond donors (Lipinski definition) is 1. The third-order valence-corrected chi connectivity index (χ3v) is 3.14. The summed E-state index contributed by atoms with van der Waals surface area (Å²) >= 11 is 1.87. The number of H-pyrrole nitrogens is 1. The molecule has 1 aromatic heterocycles. The lowest BCUT2D eigenvalue weighted by atomic mass is 10.1. The highest BCUT2D eigenvalue weighted by Crippen LogP contribution is 2.05. The van der Waals surface area contributed by atoms with Gasteiger partial charge in [-0.05, 0) is 40.3 Å². The van der Waals surface area contributed by atoms with Crippen LogP contribution in [-0.4, -0.2) is 9.55 Å². The van der Waals surface area contributed by atoms with E-state index in [-0.39, 0.29) is 5.56 Å². The average Bonchev–Trinajstić information content (AvgIpc) is 2.36. The Morgan fingerprint density at radius 2 is 2.17 bits per heavy atom. The number of benzene rings is 1. The molecule has 1 N–H and O–H groups in total. The van der Waals surface area contributed by atoms with E-state index in [1.165, 1.54) is 10.8 Å². The van der Waals surface area contributed by atoms with Crippen LogP contribution in [0.15, 0.2) is 40.1 Å². The molecule has 0 spiro atoms. The molecule has 0 saturated carbocycles. The molecular weight excluding hydrogens is 345 g/mol. The van der Waals surface area contributed by atoms with Crippen LogP contribution in [0.4, 0.5) is 0 Å². The smallest absolute Gasteiger partial charge is 0.295 e. The van der Waals surface area contributed by atoms with Crippen molar-refractivity contribution in [3.05, 3.63) is 66.0 Å². The molecule has 0 aliphatic carbocycles. The Kier molecular flexibility index (Phi) is 3.62. The number of nitriles is 1. The van der Waals surface area contributed by atoms with E-state index >= 15 is 0 Å². The number of rotatable bonds is 2. The Hall–Kier alpha value is -1.88. The summed E-state index contributed by atoms with van der Waals surface area (Å²) in [5, 5.41) is 8.80. The highest BCUT2D eigenvalue weighted by molar-refractivity contribution is 14.1. The lowest BCUT2D eigenvalue weighted by Crippen LogP contribution is -2.31. The van der Waals surface area contributed by atoms with E-state index in [1.54, 1.807) is 18.2 Å². The van der Waals surface area contributed by atoms with Gasteiger partial charge in [-0.15, -0.1) is 0 Å². The van der Waals surface area contributed by atoms with Gasteiger partial charge >= 0.3 is 5.69 Å². The number of halogens is 1. The number of aromatic amines is 1. The first-order chi connectivity index (χ1) is 8.60. The van der Waals surface area contributed by atoms with Gasteiger partial charge < -0.3 is 0 Å². The fourth-order valence-electron chi connectivity index (χ4n) is 1.54. The Morgan fingerprint density at radius 1 is 1.39 bits per heavy atom. The molecule has 0 saturated heterocycles. The molecule has 0 bridgehead atoms. The summed E-state index contributed by atoms with van der Waals surface area (Å²) in [7, 11) is 0. The van der Waals surface area contributed by atoms with Gasteiger partial charge in [0.15, 0.2) is 0 Å². The Balaban J connectivity index is 2.40. The zero-order valence-electron chi connectivity index (χ0n) is 9.18. The molecule has 90 valence electrons. The van der Waals surface area contributed by atoms with Crippen molar-refractivity contribution in [3.63, 3.8) is 0 Å². The van der Waals surface area contributed by atoms with Crippen molar-refractivity contribution in [2.75, 3.05) is 0 Å². The summed E-state index contributed by atoms with van der Waals surface area (Å²) in [6.07, 6.45) is 1.50. The maximum Gasteiger partial charge on any atom is 0.328 e. The lowest BCUT2D eigenvalue weighted by molar-refractivity contribution is 0.715. The van der Waals surface area contributed by atoms with E-state index in [2.05, 4.69) is 4.98 Å². The van der Waals surface area contributed by atoms with Crippen molar-refractivity contribution in [1.29, 1.82) is 5.26 Å². The zero-order valence-corrected chi connectivity index (χ0v) is 11.3. The van der Waals surface area contributed by atoms with E-state index in [0.717, 1.165) is 5.56 Å². The highest BCUT2D eigenvalue weighted by Gasteiger charge is 2.03. The topological polar surface area (TPSA) is 78.7 Å². The molecule has 0 atom stereocenters. The van der Waals surface area contributed by atoms with Crippen LogP contribution in [0.1, 0.15) is 11.1 Å². The van der Waals surface area contributed by atoms with Gasteiger partial charge in [0.05, 0.1) is 21.7 Å². The molecule has 0 radical (unpaired) electrons. The molecule has 0 fully saturated rings. The molecule has 2 aromatic rings. The van der Waals surface area contributed by atoms with Crippen LogP contribution in [0, 0.1) is 14.9 Å². The second-order valence-corrected chi connectivity index (χ2v) is 4.84. The predicted octanol–water partition coefficient (Wildman–Crippen LogP) is 1.06. The molecule has 1 heterocycles. The second-order valence-electron chi connectivity index (χ2n) is 3.68. The van der Waals surface area contributed by atoms with Gasteiger partial charge in [0.2, 0.25) is 0 Å². The van der Waals surface area contributed by atoms with E-state index in [4.69, 9.17) is 5.26 Å². The standard InChI is InChI=1S/C12H8IN3O2/c13-10-7-16(12(18)15-11(10)17)6-9-3-1-2-8(4-9)5-14/h1-4,7H,6H2,(H,15,17,18). The molecule has 1 aromatic carbocycles. The van der Waals surface area contributed by atoms with Gasteiger partial charge in [-0.2, -0.15) is 5.26 Å². The van der Waals surface area contributed by atoms with Crippen molar-refractivity contribution >= 4 is 22.6 Å². The van der Waals surface area contributed by atoms with Crippen molar-refractivity contribution in [1.82, 2.24) is 9.55 Å². The number of aromatic nitrogens is 2. The quantitative estimate of drug-likeness (QED) is 0.821. The summed E-state index contributed by atoms with van der Waals surface area (Å²) in [5.41, 5.74) is 0.532. The van der Waals surface area contributed by atoms with Crippen LogP contribution in [0.25, 0.3) is 0 Å². The highest BCUT2D eigenvalue weighted by atomic mass is 127. The normalized spacial score (nSPS) is 10.0. The van der Waals surface area contributed by atoms with E-state index in [1.807, 2.05) is 34.7 Å². The van der Waals surface area contributed by atoms with E-state index in [9.17, 15) is 9.59 Å². The number of hydrogen-bond acceptors (Lipinski definition) is 3. The molecular formula is C12H8IN3O2. The average molecular weight is 353 g/mol.